The highest BCUT2D eigenvalue weighted by molar-refractivity contribution is 5.59. The summed E-state index contributed by atoms with van der Waals surface area (Å²) >= 11 is 0. The van der Waals surface area contributed by atoms with E-state index in [1.165, 1.54) is 22.3 Å². The Kier molecular flexibility index (Phi) is 6.90. The monoisotopic (exact) mass is 392 g/mol. The molecule has 4 aromatic carbocycles. The molecule has 0 radical (unpaired) electrons. The van der Waals surface area contributed by atoms with Gasteiger partial charge in [0.25, 0.3) is 0 Å². The van der Waals surface area contributed by atoms with Crippen molar-refractivity contribution in [2.45, 2.75) is 33.1 Å². The molecule has 0 aromatic heterocycles. The van der Waals surface area contributed by atoms with Crippen LogP contribution in [-0.2, 0) is 5.41 Å². The minimum Gasteiger partial charge on any atom is -0.0622 e. The van der Waals surface area contributed by atoms with Crippen LogP contribution in [0, 0.1) is 5.41 Å². The molecule has 0 aliphatic rings. The van der Waals surface area contributed by atoms with Gasteiger partial charge in [0.05, 0.1) is 5.41 Å². The molecule has 0 atom stereocenters. The average Bonchev–Trinajstić information content (AvgIpc) is 2.76. The molecule has 0 saturated carbocycles. The molecule has 0 aliphatic heterocycles. The highest BCUT2D eigenvalue weighted by Gasteiger charge is 2.37. The Bertz CT molecular complexity index is 826. The van der Waals surface area contributed by atoms with Gasteiger partial charge in [0.1, 0.15) is 0 Å². The summed E-state index contributed by atoms with van der Waals surface area (Å²) in [6, 6.07) is 43.1. The van der Waals surface area contributed by atoms with Crippen molar-refractivity contribution in [2.24, 2.45) is 5.41 Å². The fourth-order valence-corrected chi connectivity index (χ4v) is 3.75. The molecule has 152 valence electrons. The van der Waals surface area contributed by atoms with E-state index in [2.05, 4.69) is 149 Å². The number of hydrogen-bond acceptors (Lipinski definition) is 0. The summed E-state index contributed by atoms with van der Waals surface area (Å²) in [5.74, 6) is 0. The molecule has 0 heterocycles. The van der Waals surface area contributed by atoms with Gasteiger partial charge in [0.2, 0.25) is 0 Å². The summed E-state index contributed by atoms with van der Waals surface area (Å²) in [5.41, 5.74) is 5.28. The molecular formula is C30H32. The lowest BCUT2D eigenvalue weighted by Crippen LogP contribution is -2.30. The van der Waals surface area contributed by atoms with E-state index in [-0.39, 0.29) is 5.41 Å². The molecule has 0 N–H and O–H groups in total. The van der Waals surface area contributed by atoms with Crippen molar-refractivity contribution in [1.82, 2.24) is 0 Å². The predicted molar refractivity (Wildman–Crippen MR) is 130 cm³/mol. The maximum atomic E-state index is 2.23. The smallest absolute Gasteiger partial charge is 0.0622 e. The van der Waals surface area contributed by atoms with E-state index in [4.69, 9.17) is 0 Å². The molecular weight excluding hydrogens is 360 g/mol. The molecule has 0 heteroatoms. The zero-order chi connectivity index (χ0) is 21.5. The SMILES string of the molecule is CC(C)(C)C.c1ccc(C(c2ccccc2)(c2ccccc2)c2ccccc2)cc1. The van der Waals surface area contributed by atoms with Crippen molar-refractivity contribution < 1.29 is 0 Å². The van der Waals surface area contributed by atoms with Crippen LogP contribution in [0.5, 0.6) is 0 Å². The Labute approximate surface area is 182 Å². The molecule has 0 nitrogen and oxygen atoms in total. The maximum absolute atomic E-state index is 2.23. The van der Waals surface area contributed by atoms with Gasteiger partial charge in [-0.25, -0.2) is 0 Å². The van der Waals surface area contributed by atoms with Gasteiger partial charge in [-0.3, -0.25) is 0 Å². The Morgan fingerprint density at radius 3 is 0.667 bits per heavy atom. The van der Waals surface area contributed by atoms with Crippen LogP contribution in [0.25, 0.3) is 0 Å². The summed E-state index contributed by atoms with van der Waals surface area (Å²) in [6.07, 6.45) is 0. The van der Waals surface area contributed by atoms with Crippen LogP contribution in [0.4, 0.5) is 0 Å². The Hall–Kier alpha value is -3.12. The normalized spacial score (nSPS) is 11.3. The molecule has 0 saturated heterocycles. The third kappa shape index (κ3) is 5.07. The largest absolute Gasteiger partial charge is 0.0701 e. The Balaban J connectivity index is 0.000000461. The number of benzene rings is 4. The van der Waals surface area contributed by atoms with E-state index in [1.54, 1.807) is 0 Å². The van der Waals surface area contributed by atoms with E-state index < -0.39 is 0 Å². The second kappa shape index (κ2) is 9.59. The lowest BCUT2D eigenvalue weighted by atomic mass is 9.65. The first-order chi connectivity index (χ1) is 14.4. The van der Waals surface area contributed by atoms with Crippen LogP contribution in [0.3, 0.4) is 0 Å². The first kappa shape index (κ1) is 21.6. The predicted octanol–water partition coefficient (Wildman–Crippen LogP) is 8.12. The zero-order valence-corrected chi connectivity index (χ0v) is 18.5. The van der Waals surface area contributed by atoms with Gasteiger partial charge < -0.3 is 0 Å². The van der Waals surface area contributed by atoms with Crippen molar-refractivity contribution in [3.05, 3.63) is 144 Å². The topological polar surface area (TPSA) is 0 Å². The second-order valence-electron chi connectivity index (χ2n) is 9.21. The molecule has 30 heavy (non-hydrogen) atoms. The number of hydrogen-bond donors (Lipinski definition) is 0. The third-order valence-electron chi connectivity index (χ3n) is 4.83. The van der Waals surface area contributed by atoms with Gasteiger partial charge in [-0.1, -0.05) is 149 Å². The first-order valence-electron chi connectivity index (χ1n) is 10.6. The molecule has 0 spiro atoms. The van der Waals surface area contributed by atoms with Gasteiger partial charge in [-0.15, -0.1) is 0 Å². The maximum Gasteiger partial charge on any atom is 0.0701 e. The Morgan fingerprint density at radius 1 is 0.333 bits per heavy atom. The quantitative estimate of drug-likeness (QED) is 0.308. The molecule has 0 amide bonds. The summed E-state index contributed by atoms with van der Waals surface area (Å²) in [7, 11) is 0. The standard InChI is InChI=1S/C25H20.C5H12/c1-5-13-21(14-6-1)25(22-15-7-2-8-16-22,23-17-9-3-10-18-23)24-19-11-4-12-20-24;1-5(2,3)4/h1-20H;1-4H3. The van der Waals surface area contributed by atoms with Gasteiger partial charge in [-0.05, 0) is 27.7 Å². The molecule has 0 bridgehead atoms. The average molecular weight is 393 g/mol. The summed E-state index contributed by atoms with van der Waals surface area (Å²) in [6.45, 7) is 8.75. The van der Waals surface area contributed by atoms with Crippen molar-refractivity contribution in [3.63, 3.8) is 0 Å². The summed E-state index contributed by atoms with van der Waals surface area (Å²) in [5, 5.41) is 0. The van der Waals surface area contributed by atoms with Crippen LogP contribution in [0.2, 0.25) is 0 Å². The minimum absolute atomic E-state index is 0.328. The van der Waals surface area contributed by atoms with Crippen LogP contribution >= 0.6 is 0 Å². The van der Waals surface area contributed by atoms with Crippen molar-refractivity contribution in [2.75, 3.05) is 0 Å². The van der Waals surface area contributed by atoms with E-state index in [1.807, 2.05) is 0 Å². The Morgan fingerprint density at radius 2 is 0.500 bits per heavy atom. The van der Waals surface area contributed by atoms with Gasteiger partial charge in [0.15, 0.2) is 0 Å². The van der Waals surface area contributed by atoms with E-state index in [0.717, 1.165) is 0 Å². The minimum atomic E-state index is -0.328. The fourth-order valence-electron chi connectivity index (χ4n) is 3.75. The number of rotatable bonds is 4. The van der Waals surface area contributed by atoms with E-state index in [9.17, 15) is 0 Å². The van der Waals surface area contributed by atoms with Crippen molar-refractivity contribution in [3.8, 4) is 0 Å². The van der Waals surface area contributed by atoms with Crippen LogP contribution in [0.15, 0.2) is 121 Å². The van der Waals surface area contributed by atoms with Crippen LogP contribution in [0.1, 0.15) is 49.9 Å². The lowest BCUT2D eigenvalue weighted by Gasteiger charge is -2.36. The summed E-state index contributed by atoms with van der Waals surface area (Å²) < 4.78 is 0. The van der Waals surface area contributed by atoms with Gasteiger partial charge in [-0.2, -0.15) is 0 Å². The first-order valence-corrected chi connectivity index (χ1v) is 10.6. The van der Waals surface area contributed by atoms with Gasteiger partial charge in [0, 0.05) is 0 Å². The molecule has 0 unspecified atom stereocenters. The molecule has 4 aromatic rings. The van der Waals surface area contributed by atoms with E-state index in [0.29, 0.717) is 5.41 Å². The zero-order valence-electron chi connectivity index (χ0n) is 18.5. The highest BCUT2D eigenvalue weighted by atomic mass is 14.4. The molecule has 0 aliphatic carbocycles. The lowest BCUT2D eigenvalue weighted by molar-refractivity contribution is 0.469. The summed E-state index contributed by atoms with van der Waals surface area (Å²) in [4.78, 5) is 0. The second-order valence-corrected chi connectivity index (χ2v) is 9.21. The molecule has 4 rings (SSSR count). The van der Waals surface area contributed by atoms with Crippen LogP contribution < -0.4 is 0 Å². The van der Waals surface area contributed by atoms with E-state index >= 15 is 0 Å². The molecule has 0 fully saturated rings. The third-order valence-corrected chi connectivity index (χ3v) is 4.83. The van der Waals surface area contributed by atoms with Gasteiger partial charge >= 0.3 is 0 Å². The highest BCUT2D eigenvalue weighted by Crippen LogP contribution is 2.44. The van der Waals surface area contributed by atoms with Crippen LogP contribution in [-0.4, -0.2) is 0 Å². The van der Waals surface area contributed by atoms with Crippen molar-refractivity contribution in [1.29, 1.82) is 0 Å². The van der Waals surface area contributed by atoms with Crippen molar-refractivity contribution >= 4 is 0 Å². The fraction of sp³-hybridized carbons (Fsp3) is 0.200.